The Kier molecular flexibility index (Phi) is 7.17. The van der Waals surface area contributed by atoms with Gasteiger partial charge in [0, 0.05) is 6.54 Å². The van der Waals surface area contributed by atoms with Crippen LogP contribution < -0.4 is 4.74 Å². The number of aryl methyl sites for hydroxylation is 2. The zero-order valence-corrected chi connectivity index (χ0v) is 24.9. The molecule has 5 aromatic carbocycles. The molecule has 0 spiro atoms. The van der Waals surface area contributed by atoms with E-state index < -0.39 is 0 Å². The first-order valence-corrected chi connectivity index (χ1v) is 15.4. The van der Waals surface area contributed by atoms with Gasteiger partial charge >= 0.3 is 0 Å². The van der Waals surface area contributed by atoms with E-state index in [9.17, 15) is 0 Å². The van der Waals surface area contributed by atoms with Gasteiger partial charge in [0.2, 0.25) is 0 Å². The second-order valence-electron chi connectivity index (χ2n) is 12.0. The molecule has 2 nitrogen and oxygen atoms in total. The molecule has 210 valence electrons. The highest BCUT2D eigenvalue weighted by atomic mass is 16.5. The molecule has 0 fully saturated rings. The SMILES string of the molecule is COc1ccc(CN2[C@H](c3ccccc3)c3c(C)ccc4ccc(C5=CCCCC5)c(c34)[C@@H]2c2ccccc2)c(C)c1. The summed E-state index contributed by atoms with van der Waals surface area (Å²) < 4.78 is 5.58. The van der Waals surface area contributed by atoms with Gasteiger partial charge in [0.05, 0.1) is 19.2 Å². The van der Waals surface area contributed by atoms with Crippen molar-refractivity contribution >= 4 is 16.3 Å². The van der Waals surface area contributed by atoms with Crippen LogP contribution in [0.4, 0.5) is 0 Å². The summed E-state index contributed by atoms with van der Waals surface area (Å²) in [6.07, 6.45) is 7.39. The Hall–Kier alpha value is -4.14. The van der Waals surface area contributed by atoms with Crippen molar-refractivity contribution in [3.8, 4) is 5.75 Å². The van der Waals surface area contributed by atoms with Crippen LogP contribution in [0, 0.1) is 13.8 Å². The number of nitrogens with zero attached hydrogens (tertiary/aromatic N) is 1. The van der Waals surface area contributed by atoms with E-state index in [1.807, 2.05) is 0 Å². The van der Waals surface area contributed by atoms with Gasteiger partial charge in [0.1, 0.15) is 5.75 Å². The Morgan fingerprint density at radius 2 is 1.40 bits per heavy atom. The maximum absolute atomic E-state index is 5.58. The van der Waals surface area contributed by atoms with Gasteiger partial charge < -0.3 is 4.74 Å². The molecular weight excluding hydrogens is 510 g/mol. The molecule has 1 aliphatic heterocycles. The third kappa shape index (κ3) is 4.64. The second kappa shape index (κ2) is 11.3. The molecule has 0 amide bonds. The molecule has 0 N–H and O–H groups in total. The van der Waals surface area contributed by atoms with Crippen molar-refractivity contribution in [3.63, 3.8) is 0 Å². The Morgan fingerprint density at radius 3 is 2.05 bits per heavy atom. The third-order valence-electron chi connectivity index (χ3n) is 9.47. The van der Waals surface area contributed by atoms with E-state index in [1.165, 1.54) is 80.1 Å². The minimum Gasteiger partial charge on any atom is -0.497 e. The summed E-state index contributed by atoms with van der Waals surface area (Å²) in [6, 6.07) is 38.6. The van der Waals surface area contributed by atoms with E-state index in [0.29, 0.717) is 0 Å². The highest BCUT2D eigenvalue weighted by molar-refractivity contribution is 5.96. The van der Waals surface area contributed by atoms with Crippen LogP contribution in [0.2, 0.25) is 0 Å². The Labute approximate surface area is 250 Å². The average Bonchev–Trinajstić information content (AvgIpc) is 3.04. The predicted molar refractivity (Wildman–Crippen MR) is 175 cm³/mol. The maximum Gasteiger partial charge on any atom is 0.119 e. The summed E-state index contributed by atoms with van der Waals surface area (Å²) in [5, 5.41) is 2.79. The van der Waals surface area contributed by atoms with Gasteiger partial charge in [-0.25, -0.2) is 0 Å². The van der Waals surface area contributed by atoms with Crippen molar-refractivity contribution in [1.82, 2.24) is 4.90 Å². The van der Waals surface area contributed by atoms with E-state index in [2.05, 4.69) is 128 Å². The van der Waals surface area contributed by atoms with Crippen molar-refractivity contribution in [1.29, 1.82) is 0 Å². The van der Waals surface area contributed by atoms with Crippen LogP contribution >= 0.6 is 0 Å². The number of ether oxygens (including phenoxy) is 1. The lowest BCUT2D eigenvalue weighted by molar-refractivity contribution is 0.165. The Bertz CT molecular complexity index is 1770. The van der Waals surface area contributed by atoms with E-state index >= 15 is 0 Å². The first kappa shape index (κ1) is 26.7. The lowest BCUT2D eigenvalue weighted by Gasteiger charge is -2.46. The van der Waals surface area contributed by atoms with E-state index in [4.69, 9.17) is 4.74 Å². The fourth-order valence-corrected chi connectivity index (χ4v) is 7.40. The molecule has 2 aliphatic rings. The summed E-state index contributed by atoms with van der Waals surface area (Å²) in [5.41, 5.74) is 12.5. The summed E-state index contributed by atoms with van der Waals surface area (Å²) in [5.74, 6) is 0.909. The molecule has 0 saturated carbocycles. The summed E-state index contributed by atoms with van der Waals surface area (Å²) in [7, 11) is 1.75. The Morgan fingerprint density at radius 1 is 0.714 bits per heavy atom. The summed E-state index contributed by atoms with van der Waals surface area (Å²) in [6.45, 7) is 5.35. The van der Waals surface area contributed by atoms with Crippen LogP contribution in [0.15, 0.2) is 109 Å². The van der Waals surface area contributed by atoms with Crippen molar-refractivity contribution in [2.45, 2.75) is 58.2 Å². The molecule has 1 heterocycles. The van der Waals surface area contributed by atoms with E-state index in [-0.39, 0.29) is 12.1 Å². The third-order valence-corrected chi connectivity index (χ3v) is 9.47. The number of rotatable bonds is 6. The molecule has 0 saturated heterocycles. The second-order valence-corrected chi connectivity index (χ2v) is 12.0. The highest BCUT2D eigenvalue weighted by Crippen LogP contribution is 2.52. The van der Waals surface area contributed by atoms with Gasteiger partial charge in [-0.3, -0.25) is 4.90 Å². The van der Waals surface area contributed by atoms with Gasteiger partial charge in [-0.2, -0.15) is 0 Å². The number of hydrogen-bond donors (Lipinski definition) is 0. The molecule has 7 rings (SSSR count). The monoisotopic (exact) mass is 549 g/mol. The summed E-state index contributed by atoms with van der Waals surface area (Å²) in [4.78, 5) is 2.77. The van der Waals surface area contributed by atoms with Crippen LogP contribution in [0.5, 0.6) is 5.75 Å². The fraction of sp³-hybridized carbons (Fsp3) is 0.250. The molecule has 2 atom stereocenters. The quantitative estimate of drug-likeness (QED) is 0.209. The van der Waals surface area contributed by atoms with Gasteiger partial charge in [-0.1, -0.05) is 97.1 Å². The molecular formula is C40H39NO. The first-order chi connectivity index (χ1) is 20.6. The predicted octanol–water partition coefficient (Wildman–Crippen LogP) is 10.1. The average molecular weight is 550 g/mol. The zero-order valence-electron chi connectivity index (χ0n) is 24.9. The molecule has 42 heavy (non-hydrogen) atoms. The Balaban J connectivity index is 1.56. The normalized spacial score (nSPS) is 18.6. The molecule has 0 radical (unpaired) electrons. The molecule has 2 heteroatoms. The van der Waals surface area contributed by atoms with Crippen LogP contribution in [0.25, 0.3) is 16.3 Å². The molecule has 5 aromatic rings. The molecule has 0 bridgehead atoms. The van der Waals surface area contributed by atoms with Gasteiger partial charge in [-0.15, -0.1) is 0 Å². The van der Waals surface area contributed by atoms with Gasteiger partial charge in [-0.05, 0) is 113 Å². The van der Waals surface area contributed by atoms with E-state index in [0.717, 1.165) is 18.7 Å². The number of methoxy groups -OCH3 is 1. The fourth-order valence-electron chi connectivity index (χ4n) is 7.40. The number of benzene rings is 5. The minimum atomic E-state index is 0.105. The smallest absolute Gasteiger partial charge is 0.119 e. The lowest BCUT2D eigenvalue weighted by atomic mass is 9.75. The molecule has 0 aromatic heterocycles. The van der Waals surface area contributed by atoms with Crippen LogP contribution in [-0.4, -0.2) is 12.0 Å². The van der Waals surface area contributed by atoms with Crippen LogP contribution in [0.3, 0.4) is 0 Å². The van der Waals surface area contributed by atoms with Crippen molar-refractivity contribution in [3.05, 3.63) is 154 Å². The summed E-state index contributed by atoms with van der Waals surface area (Å²) >= 11 is 0. The number of hydrogen-bond acceptors (Lipinski definition) is 2. The standard InChI is InChI=1S/C40H39NO/c1-27-19-20-30-22-24-35(29-13-7-4-8-14-29)38-37(30)36(27)39(31-15-9-5-10-16-31)41(40(38)32-17-11-6-12-18-32)26-33-21-23-34(42-3)25-28(33)2/h5-6,9-13,15-25,39-40H,4,7-8,14,26H2,1-3H3/t39-,40+/m1/s1. The van der Waals surface area contributed by atoms with Crippen LogP contribution in [0.1, 0.15) is 82.3 Å². The highest BCUT2D eigenvalue weighted by Gasteiger charge is 2.40. The van der Waals surface area contributed by atoms with Crippen molar-refractivity contribution < 1.29 is 4.74 Å². The zero-order chi connectivity index (χ0) is 28.6. The van der Waals surface area contributed by atoms with Gasteiger partial charge in [0.15, 0.2) is 0 Å². The number of allylic oxidation sites excluding steroid dienone is 2. The van der Waals surface area contributed by atoms with Crippen LogP contribution in [-0.2, 0) is 6.54 Å². The molecule has 0 unspecified atom stereocenters. The van der Waals surface area contributed by atoms with Crippen molar-refractivity contribution in [2.24, 2.45) is 0 Å². The largest absolute Gasteiger partial charge is 0.497 e. The minimum absolute atomic E-state index is 0.105. The van der Waals surface area contributed by atoms with E-state index in [1.54, 1.807) is 7.11 Å². The molecule has 1 aliphatic carbocycles. The maximum atomic E-state index is 5.58. The topological polar surface area (TPSA) is 12.5 Å². The lowest BCUT2D eigenvalue weighted by Crippen LogP contribution is -2.38. The van der Waals surface area contributed by atoms with Gasteiger partial charge in [0.25, 0.3) is 0 Å². The van der Waals surface area contributed by atoms with Crippen molar-refractivity contribution in [2.75, 3.05) is 7.11 Å². The first-order valence-electron chi connectivity index (χ1n) is 15.4.